The Balaban J connectivity index is 1.94. The van der Waals surface area contributed by atoms with E-state index in [0.717, 1.165) is 13.2 Å². The van der Waals surface area contributed by atoms with Crippen LogP contribution in [0.25, 0.3) is 0 Å². The first-order valence-electron chi connectivity index (χ1n) is 4.85. The molecule has 0 saturated carbocycles. The average molecular weight is 218 g/mol. The molecule has 0 radical (unpaired) electrons. The lowest BCUT2D eigenvalue weighted by Crippen LogP contribution is -2.51. The molecular weight excluding hydrogens is 200 g/mol. The van der Waals surface area contributed by atoms with Crippen molar-refractivity contribution >= 4 is 16.6 Å². The number of hydrogen-bond acceptors (Lipinski definition) is 3. The Morgan fingerprint density at radius 2 is 1.23 bits per heavy atom. The summed E-state index contributed by atoms with van der Waals surface area (Å²) in [6, 6.07) is 0. The van der Waals surface area contributed by atoms with Gasteiger partial charge in [-0.2, -0.15) is 0 Å². The Hall–Kier alpha value is 0.314. The van der Waals surface area contributed by atoms with E-state index >= 15 is 0 Å². The van der Waals surface area contributed by atoms with Gasteiger partial charge in [-0.05, 0) is 26.2 Å². The van der Waals surface area contributed by atoms with E-state index in [2.05, 4.69) is 26.2 Å². The van der Waals surface area contributed by atoms with Gasteiger partial charge in [0.05, 0.1) is 24.7 Å². The minimum Gasteiger partial charge on any atom is -0.452 e. The van der Waals surface area contributed by atoms with Crippen LogP contribution in [0, 0.1) is 0 Å². The van der Waals surface area contributed by atoms with E-state index in [4.69, 9.17) is 13.6 Å². The molecule has 0 aliphatic carbocycles. The van der Waals surface area contributed by atoms with E-state index in [-0.39, 0.29) is 0 Å². The lowest BCUT2D eigenvalue weighted by Gasteiger charge is -2.31. The zero-order valence-corrected chi connectivity index (χ0v) is 10.8. The summed E-state index contributed by atoms with van der Waals surface area (Å²) in [6.45, 7) is 10.8. The van der Waals surface area contributed by atoms with Crippen molar-refractivity contribution < 1.29 is 13.6 Å². The quantitative estimate of drug-likeness (QED) is 0.527. The predicted molar refractivity (Wildman–Crippen MR) is 55.5 cm³/mol. The number of epoxide rings is 2. The van der Waals surface area contributed by atoms with Gasteiger partial charge < -0.3 is 13.6 Å². The predicted octanol–water partition coefficient (Wildman–Crippen LogP) is 1.29. The highest BCUT2D eigenvalue weighted by molar-refractivity contribution is 6.86. The zero-order chi connectivity index (χ0) is 9.69. The van der Waals surface area contributed by atoms with Crippen LogP contribution in [0.3, 0.4) is 0 Å². The highest BCUT2D eigenvalue weighted by Crippen LogP contribution is 2.32. The SMILES string of the molecule is C[Si](C)(O[Si](C)(C)C1CO1)C1CO1. The van der Waals surface area contributed by atoms with Crippen LogP contribution < -0.4 is 0 Å². The first-order valence-corrected chi connectivity index (χ1v) is 10.8. The van der Waals surface area contributed by atoms with Crippen molar-refractivity contribution in [2.45, 2.75) is 37.6 Å². The first kappa shape index (κ1) is 9.85. The Bertz CT molecular complexity index is 187. The van der Waals surface area contributed by atoms with Gasteiger partial charge in [-0.3, -0.25) is 0 Å². The first-order chi connectivity index (χ1) is 5.92. The highest BCUT2D eigenvalue weighted by atomic mass is 28.4. The van der Waals surface area contributed by atoms with Crippen LogP contribution in [0.5, 0.6) is 0 Å². The van der Waals surface area contributed by atoms with Crippen molar-refractivity contribution in [3.63, 3.8) is 0 Å². The monoisotopic (exact) mass is 218 g/mol. The molecule has 0 aromatic heterocycles. The largest absolute Gasteiger partial charge is 0.452 e. The molecule has 0 aromatic rings. The summed E-state index contributed by atoms with van der Waals surface area (Å²) in [7, 11) is -3.14. The third-order valence-corrected chi connectivity index (χ3v) is 10.7. The number of hydrogen-bond donors (Lipinski definition) is 0. The Morgan fingerprint density at radius 3 is 1.46 bits per heavy atom. The summed E-state index contributed by atoms with van der Waals surface area (Å²) >= 11 is 0. The maximum atomic E-state index is 6.30. The Labute approximate surface area is 81.6 Å². The molecule has 13 heavy (non-hydrogen) atoms. The zero-order valence-electron chi connectivity index (χ0n) is 8.79. The van der Waals surface area contributed by atoms with Crippen molar-refractivity contribution in [1.29, 1.82) is 0 Å². The fourth-order valence-electron chi connectivity index (χ4n) is 1.71. The van der Waals surface area contributed by atoms with Crippen molar-refractivity contribution in [1.82, 2.24) is 0 Å². The maximum absolute atomic E-state index is 6.30. The van der Waals surface area contributed by atoms with E-state index in [1.165, 1.54) is 0 Å². The van der Waals surface area contributed by atoms with E-state index < -0.39 is 16.6 Å². The molecular formula is C8H18O3Si2. The Morgan fingerprint density at radius 1 is 0.923 bits per heavy atom. The van der Waals surface area contributed by atoms with Gasteiger partial charge in [0.25, 0.3) is 0 Å². The van der Waals surface area contributed by atoms with Crippen LogP contribution >= 0.6 is 0 Å². The van der Waals surface area contributed by atoms with Gasteiger partial charge in [-0.25, -0.2) is 0 Å². The molecule has 76 valence electrons. The van der Waals surface area contributed by atoms with E-state index in [1.807, 2.05) is 0 Å². The van der Waals surface area contributed by atoms with Crippen molar-refractivity contribution in [3.05, 3.63) is 0 Å². The second-order valence-electron chi connectivity index (χ2n) is 4.95. The van der Waals surface area contributed by atoms with Crippen LogP contribution in [0.1, 0.15) is 0 Å². The van der Waals surface area contributed by atoms with Crippen LogP contribution in [0.2, 0.25) is 26.2 Å². The summed E-state index contributed by atoms with van der Waals surface area (Å²) in [4.78, 5) is 0. The minimum atomic E-state index is -1.57. The van der Waals surface area contributed by atoms with Gasteiger partial charge in [0, 0.05) is 0 Å². The molecule has 5 heteroatoms. The molecule has 2 rings (SSSR count). The summed E-state index contributed by atoms with van der Waals surface area (Å²) in [5, 5.41) is 0. The molecule has 2 saturated heterocycles. The Kier molecular flexibility index (Phi) is 2.20. The lowest BCUT2D eigenvalue weighted by atomic mass is 11.0. The second kappa shape index (κ2) is 2.90. The van der Waals surface area contributed by atoms with Gasteiger partial charge in [-0.15, -0.1) is 0 Å². The standard InChI is InChI=1S/C8H18O3Si2/c1-12(2,7-5-9-7)11-13(3,4)8-6-10-8/h7-8H,5-6H2,1-4H3. The van der Waals surface area contributed by atoms with Gasteiger partial charge in [0.15, 0.2) is 0 Å². The van der Waals surface area contributed by atoms with Crippen LogP contribution in [0.4, 0.5) is 0 Å². The molecule has 2 aliphatic rings. The average Bonchev–Trinajstić information content (AvgIpc) is 2.81. The second-order valence-corrected chi connectivity index (χ2v) is 13.5. The summed E-state index contributed by atoms with van der Waals surface area (Å²) in [6.07, 6.45) is 0. The number of rotatable bonds is 4. The summed E-state index contributed by atoms with van der Waals surface area (Å²) < 4.78 is 17.0. The van der Waals surface area contributed by atoms with Crippen molar-refractivity contribution in [2.24, 2.45) is 0 Å². The summed E-state index contributed by atoms with van der Waals surface area (Å²) in [5.74, 6) is 0. The van der Waals surface area contributed by atoms with Crippen LogP contribution in [-0.4, -0.2) is 41.3 Å². The maximum Gasteiger partial charge on any atom is 0.205 e. The normalized spacial score (nSPS) is 33.2. The minimum absolute atomic E-state index is 0.443. The molecule has 2 atom stereocenters. The van der Waals surface area contributed by atoms with Crippen LogP contribution in [-0.2, 0) is 13.6 Å². The van der Waals surface area contributed by atoms with Gasteiger partial charge >= 0.3 is 0 Å². The molecule has 2 heterocycles. The van der Waals surface area contributed by atoms with Gasteiger partial charge in [-0.1, -0.05) is 0 Å². The van der Waals surface area contributed by atoms with E-state index in [1.54, 1.807) is 0 Å². The van der Waals surface area contributed by atoms with Gasteiger partial charge in [0.1, 0.15) is 0 Å². The third-order valence-electron chi connectivity index (χ3n) is 2.74. The molecule has 0 bridgehead atoms. The molecule has 0 N–H and O–H groups in total. The van der Waals surface area contributed by atoms with Crippen molar-refractivity contribution in [2.75, 3.05) is 13.2 Å². The van der Waals surface area contributed by atoms with E-state index in [9.17, 15) is 0 Å². The molecule has 0 amide bonds. The fourth-order valence-corrected chi connectivity index (χ4v) is 9.98. The number of ether oxygens (including phenoxy) is 2. The third kappa shape index (κ3) is 2.22. The molecule has 2 aliphatic heterocycles. The van der Waals surface area contributed by atoms with Crippen molar-refractivity contribution in [3.8, 4) is 0 Å². The molecule has 0 aromatic carbocycles. The molecule has 2 fully saturated rings. The lowest BCUT2D eigenvalue weighted by molar-refractivity contribution is 0.400. The summed E-state index contributed by atoms with van der Waals surface area (Å²) in [5.41, 5.74) is 0.885. The smallest absolute Gasteiger partial charge is 0.205 e. The molecule has 0 spiro atoms. The van der Waals surface area contributed by atoms with Crippen LogP contribution in [0.15, 0.2) is 0 Å². The van der Waals surface area contributed by atoms with Gasteiger partial charge in [0.2, 0.25) is 16.6 Å². The fraction of sp³-hybridized carbons (Fsp3) is 1.00. The molecule has 3 nitrogen and oxygen atoms in total. The topological polar surface area (TPSA) is 34.3 Å². The highest BCUT2D eigenvalue weighted by Gasteiger charge is 2.51. The van der Waals surface area contributed by atoms with E-state index in [0.29, 0.717) is 11.5 Å². The molecule has 2 unspecified atom stereocenters.